The fraction of sp³-hybridized carbons (Fsp3) is 0.333. The van der Waals surface area contributed by atoms with E-state index in [9.17, 15) is 9.59 Å². The first kappa shape index (κ1) is 15.3. The third-order valence-electron chi connectivity index (χ3n) is 2.68. The second-order valence-corrected chi connectivity index (χ2v) is 3.99. The average molecular weight is 285 g/mol. The largest absolute Gasteiger partial charge is 0.353 e. The second-order valence-electron chi connectivity index (χ2n) is 3.99. The Balaban J connectivity index is 0.00000180. The zero-order valence-electron chi connectivity index (χ0n) is 10.6. The predicted octanol–water partition coefficient (Wildman–Crippen LogP) is 0.0870. The van der Waals surface area contributed by atoms with Gasteiger partial charge in [-0.3, -0.25) is 9.36 Å². The fourth-order valence-corrected chi connectivity index (χ4v) is 1.79. The molecule has 0 saturated heterocycles. The van der Waals surface area contributed by atoms with E-state index in [0.29, 0.717) is 13.1 Å². The third kappa shape index (κ3) is 3.59. The van der Waals surface area contributed by atoms with Gasteiger partial charge in [0.05, 0.1) is 11.0 Å². The number of imidazole rings is 1. The van der Waals surface area contributed by atoms with E-state index < -0.39 is 0 Å². The summed E-state index contributed by atoms with van der Waals surface area (Å²) in [5.41, 5.74) is 1.22. The maximum atomic E-state index is 11.7. The second kappa shape index (κ2) is 6.96. The van der Waals surface area contributed by atoms with E-state index in [1.165, 1.54) is 4.57 Å². The monoisotopic (exact) mass is 284 g/mol. The lowest BCUT2D eigenvalue weighted by molar-refractivity contribution is -0.121. The van der Waals surface area contributed by atoms with Gasteiger partial charge in [0.1, 0.15) is 6.54 Å². The summed E-state index contributed by atoms with van der Waals surface area (Å²) >= 11 is 0. The van der Waals surface area contributed by atoms with Crippen LogP contribution >= 0.6 is 12.4 Å². The number of benzene rings is 1. The number of nitrogens with one attached hydrogen (secondary N) is 3. The summed E-state index contributed by atoms with van der Waals surface area (Å²) in [6, 6.07) is 7.31. The Hall–Kier alpha value is -1.79. The normalized spacial score (nSPS) is 10.2. The molecule has 2 rings (SSSR count). The molecule has 0 aliphatic rings. The van der Waals surface area contributed by atoms with Gasteiger partial charge in [-0.25, -0.2) is 4.79 Å². The topological polar surface area (TPSA) is 78.9 Å². The van der Waals surface area contributed by atoms with E-state index in [0.717, 1.165) is 11.0 Å². The van der Waals surface area contributed by atoms with E-state index in [-0.39, 0.29) is 30.5 Å². The number of nitrogens with zero attached hydrogens (tertiary/aromatic N) is 1. The molecule has 0 fully saturated rings. The Morgan fingerprint density at radius 2 is 2.05 bits per heavy atom. The molecule has 0 atom stereocenters. The highest BCUT2D eigenvalue weighted by molar-refractivity contribution is 5.85. The number of aromatic amines is 1. The van der Waals surface area contributed by atoms with Crippen molar-refractivity contribution in [1.82, 2.24) is 20.2 Å². The van der Waals surface area contributed by atoms with E-state index in [4.69, 9.17) is 0 Å². The molecule has 0 aliphatic heterocycles. The number of halogens is 1. The van der Waals surface area contributed by atoms with Crippen LogP contribution in [0.2, 0.25) is 0 Å². The Bertz CT molecular complexity index is 605. The van der Waals surface area contributed by atoms with E-state index in [2.05, 4.69) is 15.6 Å². The predicted molar refractivity (Wildman–Crippen MR) is 76.7 cm³/mol. The Morgan fingerprint density at radius 1 is 1.32 bits per heavy atom. The van der Waals surface area contributed by atoms with E-state index >= 15 is 0 Å². The van der Waals surface area contributed by atoms with Crippen LogP contribution in [0.3, 0.4) is 0 Å². The highest BCUT2D eigenvalue weighted by Crippen LogP contribution is 2.08. The van der Waals surface area contributed by atoms with Crippen LogP contribution in [0.1, 0.15) is 0 Å². The highest BCUT2D eigenvalue weighted by atomic mass is 35.5. The molecule has 19 heavy (non-hydrogen) atoms. The lowest BCUT2D eigenvalue weighted by Gasteiger charge is -2.05. The molecule has 0 radical (unpaired) electrons. The summed E-state index contributed by atoms with van der Waals surface area (Å²) < 4.78 is 1.43. The van der Waals surface area contributed by atoms with Gasteiger partial charge in [0.15, 0.2) is 0 Å². The zero-order chi connectivity index (χ0) is 13.0. The van der Waals surface area contributed by atoms with Gasteiger partial charge < -0.3 is 15.6 Å². The van der Waals surface area contributed by atoms with Gasteiger partial charge in [0.25, 0.3) is 0 Å². The Labute approximate surface area is 116 Å². The van der Waals surface area contributed by atoms with Crippen molar-refractivity contribution in [3.8, 4) is 0 Å². The quantitative estimate of drug-likeness (QED) is 0.681. The molecule has 1 heterocycles. The van der Waals surface area contributed by atoms with Gasteiger partial charge in [-0.1, -0.05) is 12.1 Å². The molecule has 1 amide bonds. The maximum Gasteiger partial charge on any atom is 0.326 e. The third-order valence-corrected chi connectivity index (χ3v) is 2.68. The zero-order valence-corrected chi connectivity index (χ0v) is 11.4. The summed E-state index contributed by atoms with van der Waals surface area (Å²) in [5, 5.41) is 5.67. The number of rotatable bonds is 5. The number of H-pyrrole nitrogens is 1. The number of para-hydroxylation sites is 2. The first-order valence-corrected chi connectivity index (χ1v) is 5.81. The van der Waals surface area contributed by atoms with Crippen molar-refractivity contribution in [3.05, 3.63) is 34.7 Å². The van der Waals surface area contributed by atoms with Crippen LogP contribution in [-0.2, 0) is 11.3 Å². The highest BCUT2D eigenvalue weighted by Gasteiger charge is 2.09. The fourth-order valence-electron chi connectivity index (χ4n) is 1.79. The molecule has 7 heteroatoms. The molecule has 0 bridgehead atoms. The number of hydrogen-bond donors (Lipinski definition) is 3. The summed E-state index contributed by atoms with van der Waals surface area (Å²) in [6.07, 6.45) is 0. The van der Waals surface area contributed by atoms with Crippen LogP contribution in [0, 0.1) is 0 Å². The van der Waals surface area contributed by atoms with Gasteiger partial charge >= 0.3 is 5.69 Å². The molecular weight excluding hydrogens is 268 g/mol. The van der Waals surface area contributed by atoms with Crippen molar-refractivity contribution in [1.29, 1.82) is 0 Å². The lowest BCUT2D eigenvalue weighted by Crippen LogP contribution is -2.35. The van der Waals surface area contributed by atoms with Crippen LogP contribution in [0.5, 0.6) is 0 Å². The standard InChI is InChI=1S/C12H16N4O2.ClH/c1-13-6-7-14-11(17)8-16-10-5-3-2-4-9(10)15-12(16)18;/h2-5,13H,6-8H2,1H3,(H,14,17)(H,15,18);1H. The van der Waals surface area contributed by atoms with Gasteiger partial charge in [-0.2, -0.15) is 0 Å². The summed E-state index contributed by atoms with van der Waals surface area (Å²) in [4.78, 5) is 26.1. The first-order valence-electron chi connectivity index (χ1n) is 5.81. The Morgan fingerprint density at radius 3 is 2.79 bits per heavy atom. The van der Waals surface area contributed by atoms with Crippen molar-refractivity contribution in [2.75, 3.05) is 20.1 Å². The van der Waals surface area contributed by atoms with Crippen molar-refractivity contribution in [2.24, 2.45) is 0 Å². The van der Waals surface area contributed by atoms with Crippen molar-refractivity contribution < 1.29 is 4.79 Å². The lowest BCUT2D eigenvalue weighted by atomic mass is 10.3. The van der Waals surface area contributed by atoms with Crippen LogP contribution in [0.4, 0.5) is 0 Å². The molecular formula is C12H17ClN4O2. The summed E-state index contributed by atoms with van der Waals surface area (Å²) in [5.74, 6) is -0.169. The van der Waals surface area contributed by atoms with Crippen molar-refractivity contribution in [3.63, 3.8) is 0 Å². The number of carbonyl (C=O) groups is 1. The van der Waals surface area contributed by atoms with Crippen LogP contribution in [-0.4, -0.2) is 35.6 Å². The average Bonchev–Trinajstić information content (AvgIpc) is 2.67. The number of likely N-dealkylation sites (N-methyl/N-ethyl adjacent to an activating group) is 1. The smallest absolute Gasteiger partial charge is 0.326 e. The summed E-state index contributed by atoms with van der Waals surface area (Å²) in [7, 11) is 1.82. The molecule has 0 aliphatic carbocycles. The van der Waals surface area contributed by atoms with Crippen molar-refractivity contribution >= 4 is 29.3 Å². The minimum Gasteiger partial charge on any atom is -0.353 e. The van der Waals surface area contributed by atoms with Gasteiger partial charge in [0, 0.05) is 13.1 Å². The van der Waals surface area contributed by atoms with Crippen LogP contribution < -0.4 is 16.3 Å². The number of carbonyl (C=O) groups excluding carboxylic acids is 1. The molecule has 0 saturated carbocycles. The minimum atomic E-state index is -0.264. The van der Waals surface area contributed by atoms with Gasteiger partial charge in [-0.15, -0.1) is 12.4 Å². The molecule has 2 aromatic rings. The number of hydrogen-bond acceptors (Lipinski definition) is 3. The van der Waals surface area contributed by atoms with E-state index in [1.807, 2.05) is 31.3 Å². The molecule has 1 aromatic heterocycles. The van der Waals surface area contributed by atoms with Gasteiger partial charge in [-0.05, 0) is 19.2 Å². The molecule has 0 unspecified atom stereocenters. The molecule has 6 nitrogen and oxygen atoms in total. The number of fused-ring (bicyclic) bond motifs is 1. The van der Waals surface area contributed by atoms with Gasteiger partial charge in [0.2, 0.25) is 5.91 Å². The first-order chi connectivity index (χ1) is 8.72. The van der Waals surface area contributed by atoms with Crippen molar-refractivity contribution in [2.45, 2.75) is 6.54 Å². The van der Waals surface area contributed by atoms with Crippen LogP contribution in [0.15, 0.2) is 29.1 Å². The number of aromatic nitrogens is 2. The molecule has 104 valence electrons. The van der Waals surface area contributed by atoms with E-state index in [1.54, 1.807) is 0 Å². The molecule has 3 N–H and O–H groups in total. The number of amides is 1. The molecule has 0 spiro atoms. The minimum absolute atomic E-state index is 0. The Kier molecular flexibility index (Phi) is 5.59. The van der Waals surface area contributed by atoms with Crippen LogP contribution in [0.25, 0.3) is 11.0 Å². The molecule has 1 aromatic carbocycles. The SMILES string of the molecule is CNCCNC(=O)Cn1c(=O)[nH]c2ccccc21.Cl. The summed E-state index contributed by atoms with van der Waals surface area (Å²) in [6.45, 7) is 1.29. The maximum absolute atomic E-state index is 11.7.